The predicted octanol–water partition coefficient (Wildman–Crippen LogP) is 2.05. The summed E-state index contributed by atoms with van der Waals surface area (Å²) in [6.45, 7) is 2.93. The maximum Gasteiger partial charge on any atom is 0.305 e. The molecular formula is C13H19NO3. The van der Waals surface area contributed by atoms with E-state index in [1.165, 1.54) is 7.11 Å². The Bertz CT molecular complexity index is 340. The van der Waals surface area contributed by atoms with E-state index in [9.17, 15) is 4.79 Å². The normalized spacial score (nSPS) is 18.2. The topological polar surface area (TPSA) is 42.7 Å². The molecule has 94 valence electrons. The number of carbonyl (C=O) groups excluding carboxylic acids is 1. The molecule has 4 heteroatoms. The minimum absolute atomic E-state index is 0.0884. The summed E-state index contributed by atoms with van der Waals surface area (Å²) in [7, 11) is 1.45. The fraction of sp³-hybridized carbons (Fsp3) is 0.615. The van der Waals surface area contributed by atoms with E-state index in [4.69, 9.17) is 9.15 Å². The molecule has 2 heterocycles. The third kappa shape index (κ3) is 3.60. The van der Waals surface area contributed by atoms with E-state index >= 15 is 0 Å². The Morgan fingerprint density at radius 3 is 2.88 bits per heavy atom. The number of hydrogen-bond donors (Lipinski definition) is 0. The summed E-state index contributed by atoms with van der Waals surface area (Å²) in [5, 5.41) is 0. The zero-order valence-corrected chi connectivity index (χ0v) is 10.2. The van der Waals surface area contributed by atoms with Gasteiger partial charge in [0.2, 0.25) is 0 Å². The third-order valence-electron chi connectivity index (χ3n) is 3.35. The number of ether oxygens (including phenoxy) is 1. The smallest absolute Gasteiger partial charge is 0.305 e. The van der Waals surface area contributed by atoms with Crippen LogP contribution in [0.1, 0.15) is 25.0 Å². The van der Waals surface area contributed by atoms with Gasteiger partial charge in [0.25, 0.3) is 0 Å². The zero-order valence-electron chi connectivity index (χ0n) is 10.2. The highest BCUT2D eigenvalue weighted by Crippen LogP contribution is 2.22. The summed E-state index contributed by atoms with van der Waals surface area (Å²) in [5.74, 6) is 1.40. The van der Waals surface area contributed by atoms with E-state index in [0.29, 0.717) is 12.3 Å². The van der Waals surface area contributed by atoms with Gasteiger partial charge in [0.1, 0.15) is 5.76 Å². The molecule has 1 aliphatic rings. The Morgan fingerprint density at radius 2 is 2.29 bits per heavy atom. The summed E-state index contributed by atoms with van der Waals surface area (Å²) in [4.78, 5) is 13.5. The maximum absolute atomic E-state index is 11.2. The van der Waals surface area contributed by atoms with Crippen LogP contribution in [0.25, 0.3) is 0 Å². The van der Waals surface area contributed by atoms with E-state index in [-0.39, 0.29) is 5.97 Å². The second-order valence-electron chi connectivity index (χ2n) is 4.58. The molecule has 17 heavy (non-hydrogen) atoms. The quantitative estimate of drug-likeness (QED) is 0.752. The molecule has 0 saturated carbocycles. The number of carbonyl (C=O) groups is 1. The molecule has 0 radical (unpaired) electrons. The van der Waals surface area contributed by atoms with Crippen LogP contribution < -0.4 is 0 Å². The summed E-state index contributed by atoms with van der Waals surface area (Å²) in [5.41, 5.74) is 0. The largest absolute Gasteiger partial charge is 0.469 e. The lowest BCUT2D eigenvalue weighted by Crippen LogP contribution is -2.33. The van der Waals surface area contributed by atoms with Crippen molar-refractivity contribution in [1.29, 1.82) is 0 Å². The second-order valence-corrected chi connectivity index (χ2v) is 4.58. The molecule has 2 rings (SSSR count). The highest BCUT2D eigenvalue weighted by atomic mass is 16.5. The molecule has 0 amide bonds. The van der Waals surface area contributed by atoms with Gasteiger partial charge < -0.3 is 9.15 Å². The van der Waals surface area contributed by atoms with Crippen molar-refractivity contribution in [1.82, 2.24) is 4.90 Å². The molecule has 0 bridgehead atoms. The van der Waals surface area contributed by atoms with Crippen LogP contribution in [0.2, 0.25) is 0 Å². The lowest BCUT2D eigenvalue weighted by Gasteiger charge is -2.30. The lowest BCUT2D eigenvalue weighted by molar-refractivity contribution is -0.142. The highest BCUT2D eigenvalue weighted by Gasteiger charge is 2.22. The Morgan fingerprint density at radius 1 is 1.53 bits per heavy atom. The summed E-state index contributed by atoms with van der Waals surface area (Å²) >= 11 is 0. The van der Waals surface area contributed by atoms with Gasteiger partial charge in [0.05, 0.1) is 19.9 Å². The maximum atomic E-state index is 11.2. The van der Waals surface area contributed by atoms with Crippen molar-refractivity contribution >= 4 is 5.97 Å². The van der Waals surface area contributed by atoms with Crippen molar-refractivity contribution in [2.75, 3.05) is 20.2 Å². The molecule has 1 fully saturated rings. The number of furan rings is 1. The summed E-state index contributed by atoms with van der Waals surface area (Å²) in [6, 6.07) is 3.92. The SMILES string of the molecule is COC(=O)CC1CCN(Cc2ccco2)CC1. The molecule has 0 aromatic carbocycles. The Kier molecular flexibility index (Phi) is 4.20. The average molecular weight is 237 g/mol. The molecule has 4 nitrogen and oxygen atoms in total. The van der Waals surface area contributed by atoms with Crippen LogP contribution in [-0.2, 0) is 16.1 Å². The molecule has 1 aromatic rings. The van der Waals surface area contributed by atoms with Crippen LogP contribution in [0.4, 0.5) is 0 Å². The van der Waals surface area contributed by atoms with Crippen LogP contribution in [0.3, 0.4) is 0 Å². The summed E-state index contributed by atoms with van der Waals surface area (Å²) < 4.78 is 10.0. The second kappa shape index (κ2) is 5.87. The number of piperidine rings is 1. The fourth-order valence-corrected chi connectivity index (χ4v) is 2.29. The van der Waals surface area contributed by atoms with Gasteiger partial charge in [-0.3, -0.25) is 9.69 Å². The third-order valence-corrected chi connectivity index (χ3v) is 3.35. The van der Waals surface area contributed by atoms with Crippen molar-refractivity contribution in [2.45, 2.75) is 25.8 Å². The van der Waals surface area contributed by atoms with Crippen LogP contribution in [0.15, 0.2) is 22.8 Å². The van der Waals surface area contributed by atoms with E-state index in [0.717, 1.165) is 38.2 Å². The van der Waals surface area contributed by atoms with Gasteiger partial charge in [-0.1, -0.05) is 0 Å². The van der Waals surface area contributed by atoms with Crippen LogP contribution >= 0.6 is 0 Å². The number of rotatable bonds is 4. The number of likely N-dealkylation sites (tertiary alicyclic amines) is 1. The Balaban J connectivity index is 1.72. The lowest BCUT2D eigenvalue weighted by atomic mass is 9.93. The van der Waals surface area contributed by atoms with Crippen LogP contribution in [-0.4, -0.2) is 31.1 Å². The number of methoxy groups -OCH3 is 1. The Hall–Kier alpha value is -1.29. The first-order valence-electron chi connectivity index (χ1n) is 6.09. The van der Waals surface area contributed by atoms with Crippen molar-refractivity contribution < 1.29 is 13.9 Å². The van der Waals surface area contributed by atoms with Gasteiger partial charge in [-0.2, -0.15) is 0 Å². The zero-order chi connectivity index (χ0) is 12.1. The van der Waals surface area contributed by atoms with Gasteiger partial charge in [0.15, 0.2) is 0 Å². The van der Waals surface area contributed by atoms with Crippen molar-refractivity contribution in [3.63, 3.8) is 0 Å². The van der Waals surface area contributed by atoms with Crippen molar-refractivity contribution in [2.24, 2.45) is 5.92 Å². The summed E-state index contributed by atoms with van der Waals surface area (Å²) in [6.07, 6.45) is 4.40. The van der Waals surface area contributed by atoms with Crippen molar-refractivity contribution in [3.8, 4) is 0 Å². The van der Waals surface area contributed by atoms with Gasteiger partial charge >= 0.3 is 5.97 Å². The van der Waals surface area contributed by atoms with Gasteiger partial charge in [-0.25, -0.2) is 0 Å². The predicted molar refractivity (Wildman–Crippen MR) is 63.3 cm³/mol. The van der Waals surface area contributed by atoms with E-state index in [2.05, 4.69) is 4.90 Å². The van der Waals surface area contributed by atoms with Gasteiger partial charge in [-0.05, 0) is 44.0 Å². The van der Waals surface area contributed by atoms with Gasteiger partial charge in [0, 0.05) is 6.42 Å². The molecule has 0 unspecified atom stereocenters. The average Bonchev–Trinajstić information content (AvgIpc) is 2.84. The Labute approximate surface area is 102 Å². The molecule has 0 aliphatic carbocycles. The fourth-order valence-electron chi connectivity index (χ4n) is 2.29. The first-order valence-corrected chi connectivity index (χ1v) is 6.09. The minimum Gasteiger partial charge on any atom is -0.469 e. The van der Waals surface area contributed by atoms with Crippen LogP contribution in [0.5, 0.6) is 0 Å². The molecule has 0 spiro atoms. The molecule has 1 aromatic heterocycles. The molecule has 0 N–H and O–H groups in total. The number of esters is 1. The van der Waals surface area contributed by atoms with Crippen molar-refractivity contribution in [3.05, 3.63) is 24.2 Å². The standard InChI is InChI=1S/C13H19NO3/c1-16-13(15)9-11-4-6-14(7-5-11)10-12-3-2-8-17-12/h2-3,8,11H,4-7,9-10H2,1H3. The molecular weight excluding hydrogens is 218 g/mol. The monoisotopic (exact) mass is 237 g/mol. The minimum atomic E-state index is -0.0884. The molecule has 1 saturated heterocycles. The van der Waals surface area contributed by atoms with Crippen LogP contribution in [0, 0.1) is 5.92 Å². The number of hydrogen-bond acceptors (Lipinski definition) is 4. The highest BCUT2D eigenvalue weighted by molar-refractivity contribution is 5.69. The number of nitrogens with zero attached hydrogens (tertiary/aromatic N) is 1. The van der Waals surface area contributed by atoms with E-state index < -0.39 is 0 Å². The van der Waals surface area contributed by atoms with E-state index in [1.54, 1.807) is 6.26 Å². The molecule has 1 aliphatic heterocycles. The van der Waals surface area contributed by atoms with Gasteiger partial charge in [-0.15, -0.1) is 0 Å². The first kappa shape index (κ1) is 12.2. The van der Waals surface area contributed by atoms with E-state index in [1.807, 2.05) is 12.1 Å². The molecule has 0 atom stereocenters. The first-order chi connectivity index (χ1) is 8.28.